The number of aliphatic hydroxyl groups is 1. The van der Waals surface area contributed by atoms with E-state index in [9.17, 15) is 5.11 Å². The van der Waals surface area contributed by atoms with Crippen molar-refractivity contribution in [3.63, 3.8) is 0 Å². The lowest BCUT2D eigenvalue weighted by atomic mass is 9.80. The molecule has 0 aromatic heterocycles. The zero-order valence-electron chi connectivity index (χ0n) is 18.9. The van der Waals surface area contributed by atoms with Crippen LogP contribution >= 0.6 is 0 Å². The normalized spacial score (nSPS) is 13.9. The molecular weight excluding hydrogens is 352 g/mol. The van der Waals surface area contributed by atoms with Crippen LogP contribution in [0.1, 0.15) is 102 Å². The molecule has 1 nitrogen and oxygen atoms in total. The minimum atomic E-state index is -0.108. The molecule has 0 fully saturated rings. The standard InChI is InChI=1S/C28H42O/c1-24(25-17-9-5-10-18-25)16-8-4-13-21-27(29)22-14-7-15-23-28(2,3)26-19-11-6-12-20-26/h5-6,9-12,17-20,24,27,29H,4,7-8,13-16,21-23H2,1-3H3. The van der Waals surface area contributed by atoms with Crippen LogP contribution in [-0.2, 0) is 5.41 Å². The molecule has 0 heterocycles. The zero-order chi connectivity index (χ0) is 21.0. The second kappa shape index (κ2) is 12.9. The highest BCUT2D eigenvalue weighted by molar-refractivity contribution is 5.23. The van der Waals surface area contributed by atoms with Crippen LogP contribution in [0.15, 0.2) is 60.7 Å². The maximum atomic E-state index is 10.3. The van der Waals surface area contributed by atoms with Crippen molar-refractivity contribution in [3.8, 4) is 0 Å². The highest BCUT2D eigenvalue weighted by atomic mass is 16.3. The van der Waals surface area contributed by atoms with Crippen molar-refractivity contribution >= 4 is 0 Å². The van der Waals surface area contributed by atoms with Crippen molar-refractivity contribution in [2.45, 2.75) is 102 Å². The Labute approximate surface area is 179 Å². The molecular formula is C28H42O. The number of benzene rings is 2. The van der Waals surface area contributed by atoms with Gasteiger partial charge in [0.05, 0.1) is 6.10 Å². The molecule has 29 heavy (non-hydrogen) atoms. The second-order valence-electron chi connectivity index (χ2n) is 9.45. The average Bonchev–Trinajstić information content (AvgIpc) is 2.74. The molecule has 0 bridgehead atoms. The van der Waals surface area contributed by atoms with Gasteiger partial charge in [-0.25, -0.2) is 0 Å². The predicted molar refractivity (Wildman–Crippen MR) is 127 cm³/mol. The van der Waals surface area contributed by atoms with E-state index in [1.807, 2.05) is 0 Å². The number of hydrogen-bond acceptors (Lipinski definition) is 1. The molecule has 0 aliphatic rings. The predicted octanol–water partition coefficient (Wildman–Crippen LogP) is 8.03. The van der Waals surface area contributed by atoms with Gasteiger partial charge in [-0.3, -0.25) is 0 Å². The summed E-state index contributed by atoms with van der Waals surface area (Å²) in [7, 11) is 0. The largest absolute Gasteiger partial charge is 0.393 e. The topological polar surface area (TPSA) is 20.2 Å². The second-order valence-corrected chi connectivity index (χ2v) is 9.45. The number of rotatable bonds is 14. The van der Waals surface area contributed by atoms with E-state index >= 15 is 0 Å². The van der Waals surface area contributed by atoms with Crippen LogP contribution in [0.5, 0.6) is 0 Å². The van der Waals surface area contributed by atoms with E-state index in [2.05, 4.69) is 81.4 Å². The Bertz CT molecular complexity index is 647. The number of hydrogen-bond donors (Lipinski definition) is 1. The van der Waals surface area contributed by atoms with E-state index < -0.39 is 0 Å². The summed E-state index contributed by atoms with van der Waals surface area (Å²) in [5, 5.41) is 10.3. The van der Waals surface area contributed by atoms with Crippen molar-refractivity contribution in [1.82, 2.24) is 0 Å². The Morgan fingerprint density at radius 3 is 1.83 bits per heavy atom. The fourth-order valence-corrected chi connectivity index (χ4v) is 4.26. The Morgan fingerprint density at radius 1 is 0.690 bits per heavy atom. The quantitative estimate of drug-likeness (QED) is 0.321. The van der Waals surface area contributed by atoms with Gasteiger partial charge in [-0.15, -0.1) is 0 Å². The van der Waals surface area contributed by atoms with E-state index in [0.717, 1.165) is 25.7 Å². The van der Waals surface area contributed by atoms with E-state index in [1.54, 1.807) is 0 Å². The molecule has 0 saturated carbocycles. The van der Waals surface area contributed by atoms with Crippen molar-refractivity contribution in [2.75, 3.05) is 0 Å². The molecule has 2 rings (SSSR count). The lowest BCUT2D eigenvalue weighted by molar-refractivity contribution is 0.147. The molecule has 0 spiro atoms. The molecule has 2 aromatic carbocycles. The molecule has 2 unspecified atom stereocenters. The zero-order valence-corrected chi connectivity index (χ0v) is 18.9. The van der Waals surface area contributed by atoms with Crippen LogP contribution in [0.2, 0.25) is 0 Å². The molecule has 0 aliphatic heterocycles. The third-order valence-electron chi connectivity index (χ3n) is 6.44. The van der Waals surface area contributed by atoms with Crippen LogP contribution in [-0.4, -0.2) is 11.2 Å². The van der Waals surface area contributed by atoms with Gasteiger partial charge in [0.2, 0.25) is 0 Å². The van der Waals surface area contributed by atoms with Gasteiger partial charge in [0.1, 0.15) is 0 Å². The molecule has 1 heteroatoms. The molecule has 2 aromatic rings. The summed E-state index contributed by atoms with van der Waals surface area (Å²) in [6.07, 6.45) is 11.6. The van der Waals surface area contributed by atoms with Crippen molar-refractivity contribution in [2.24, 2.45) is 0 Å². The minimum Gasteiger partial charge on any atom is -0.393 e. The van der Waals surface area contributed by atoms with Gasteiger partial charge in [0, 0.05) is 0 Å². The van der Waals surface area contributed by atoms with Gasteiger partial charge in [-0.05, 0) is 48.1 Å². The van der Waals surface area contributed by atoms with Crippen LogP contribution in [0, 0.1) is 0 Å². The summed E-state index contributed by atoms with van der Waals surface area (Å²) >= 11 is 0. The van der Waals surface area contributed by atoms with E-state index in [1.165, 1.54) is 49.7 Å². The Hall–Kier alpha value is -1.60. The van der Waals surface area contributed by atoms with Crippen molar-refractivity contribution < 1.29 is 5.11 Å². The lowest BCUT2D eigenvalue weighted by Crippen LogP contribution is -2.16. The summed E-state index contributed by atoms with van der Waals surface area (Å²) in [6, 6.07) is 21.6. The van der Waals surface area contributed by atoms with E-state index in [4.69, 9.17) is 0 Å². The van der Waals surface area contributed by atoms with Crippen LogP contribution in [0.4, 0.5) is 0 Å². The molecule has 2 atom stereocenters. The van der Waals surface area contributed by atoms with Crippen LogP contribution < -0.4 is 0 Å². The molecule has 0 amide bonds. The highest BCUT2D eigenvalue weighted by Gasteiger charge is 2.19. The SMILES string of the molecule is CC(CCCCCC(O)CCCCCC(C)(C)c1ccccc1)c1ccccc1. The Morgan fingerprint density at radius 2 is 1.21 bits per heavy atom. The molecule has 0 radical (unpaired) electrons. The first-order chi connectivity index (χ1) is 14.0. The van der Waals surface area contributed by atoms with Gasteiger partial charge in [0.25, 0.3) is 0 Å². The maximum Gasteiger partial charge on any atom is 0.0540 e. The van der Waals surface area contributed by atoms with Gasteiger partial charge >= 0.3 is 0 Å². The van der Waals surface area contributed by atoms with E-state index in [-0.39, 0.29) is 11.5 Å². The van der Waals surface area contributed by atoms with Gasteiger partial charge in [-0.2, -0.15) is 0 Å². The van der Waals surface area contributed by atoms with Crippen molar-refractivity contribution in [1.29, 1.82) is 0 Å². The first-order valence-electron chi connectivity index (χ1n) is 11.8. The number of aliphatic hydroxyl groups excluding tert-OH is 1. The van der Waals surface area contributed by atoms with E-state index in [0.29, 0.717) is 5.92 Å². The smallest absolute Gasteiger partial charge is 0.0540 e. The first-order valence-corrected chi connectivity index (χ1v) is 11.8. The fraction of sp³-hybridized carbons (Fsp3) is 0.571. The van der Waals surface area contributed by atoms with Crippen molar-refractivity contribution in [3.05, 3.63) is 71.8 Å². The lowest BCUT2D eigenvalue weighted by Gasteiger charge is -2.25. The van der Waals surface area contributed by atoms with Crippen LogP contribution in [0.25, 0.3) is 0 Å². The van der Waals surface area contributed by atoms with Crippen LogP contribution in [0.3, 0.4) is 0 Å². The summed E-state index contributed by atoms with van der Waals surface area (Å²) in [5.74, 6) is 0.640. The highest BCUT2D eigenvalue weighted by Crippen LogP contribution is 2.29. The third kappa shape index (κ3) is 9.17. The van der Waals surface area contributed by atoms with Gasteiger partial charge < -0.3 is 5.11 Å². The Kier molecular flexibility index (Phi) is 10.5. The Balaban J connectivity index is 1.48. The fourth-order valence-electron chi connectivity index (χ4n) is 4.26. The third-order valence-corrected chi connectivity index (χ3v) is 6.44. The summed E-state index contributed by atoms with van der Waals surface area (Å²) in [6.45, 7) is 7.01. The number of unbranched alkanes of at least 4 members (excludes halogenated alkanes) is 4. The monoisotopic (exact) mass is 394 g/mol. The van der Waals surface area contributed by atoms with Gasteiger partial charge in [0.15, 0.2) is 0 Å². The first kappa shape index (κ1) is 23.7. The maximum absolute atomic E-state index is 10.3. The molecule has 0 saturated heterocycles. The molecule has 1 N–H and O–H groups in total. The summed E-state index contributed by atoms with van der Waals surface area (Å²) < 4.78 is 0. The molecule has 0 aliphatic carbocycles. The van der Waals surface area contributed by atoms with Gasteiger partial charge in [-0.1, -0.05) is 120 Å². The average molecular weight is 395 g/mol. The summed E-state index contributed by atoms with van der Waals surface area (Å²) in [5.41, 5.74) is 3.13. The minimum absolute atomic E-state index is 0.108. The molecule has 160 valence electrons. The summed E-state index contributed by atoms with van der Waals surface area (Å²) in [4.78, 5) is 0.